The van der Waals surface area contributed by atoms with Crippen molar-refractivity contribution in [3.63, 3.8) is 0 Å². The van der Waals surface area contributed by atoms with Crippen LogP contribution in [0.4, 0.5) is 0 Å². The highest BCUT2D eigenvalue weighted by atomic mass is 32.1. The van der Waals surface area contributed by atoms with Crippen LogP contribution in [0.2, 0.25) is 0 Å². The molecule has 0 unspecified atom stereocenters. The Morgan fingerprint density at radius 2 is 2.04 bits per heavy atom. The normalized spacial score (nSPS) is 16.5. The van der Waals surface area contributed by atoms with Gasteiger partial charge in [-0.05, 0) is 38.1 Å². The molecule has 3 aromatic rings. The molecular weight excluding hydrogens is 364 g/mol. The van der Waals surface area contributed by atoms with E-state index in [-0.39, 0.29) is 12.5 Å². The highest BCUT2D eigenvalue weighted by molar-refractivity contribution is 7.16. The molecule has 1 atom stereocenters. The van der Waals surface area contributed by atoms with Gasteiger partial charge in [0.05, 0.1) is 11.3 Å². The molecule has 27 heavy (non-hydrogen) atoms. The average molecular weight is 384 g/mol. The van der Waals surface area contributed by atoms with Crippen LogP contribution in [-0.2, 0) is 11.3 Å². The molecule has 2 aromatic carbocycles. The Balaban J connectivity index is 1.71. The summed E-state index contributed by atoms with van der Waals surface area (Å²) in [5.74, 6) is 1.66. The van der Waals surface area contributed by atoms with E-state index in [9.17, 15) is 4.79 Å². The number of ether oxygens (including phenoxy) is 3. The number of hydrogen-bond acceptors (Lipinski definition) is 5. The maximum atomic E-state index is 12.7. The third-order valence-corrected chi connectivity index (χ3v) is 5.31. The molecule has 7 heteroatoms. The number of carbonyl (C=O) groups is 1. The summed E-state index contributed by atoms with van der Waals surface area (Å²) in [4.78, 5) is 17.7. The molecular formula is C20H20N2O4S. The summed E-state index contributed by atoms with van der Waals surface area (Å²) in [6, 6.07) is 13.2. The second-order valence-electron chi connectivity index (χ2n) is 5.98. The number of thiazole rings is 1. The minimum Gasteiger partial charge on any atom is -0.492 e. The smallest absolute Gasteiger partial charge is 0.292 e. The number of aryl methyl sites for hydroxylation is 1. The maximum absolute atomic E-state index is 12.7. The molecule has 2 heterocycles. The molecule has 6 nitrogen and oxygen atoms in total. The molecule has 0 saturated heterocycles. The van der Waals surface area contributed by atoms with Crippen LogP contribution in [0.15, 0.2) is 47.5 Å². The van der Waals surface area contributed by atoms with Crippen molar-refractivity contribution in [3.05, 3.63) is 47.3 Å². The minimum atomic E-state index is -0.748. The summed E-state index contributed by atoms with van der Waals surface area (Å²) in [5.41, 5.74) is 0.963. The summed E-state index contributed by atoms with van der Waals surface area (Å²) >= 11 is 1.47. The Morgan fingerprint density at radius 1 is 1.22 bits per heavy atom. The number of rotatable bonds is 4. The fourth-order valence-corrected chi connectivity index (χ4v) is 4.17. The molecule has 1 amide bonds. The lowest BCUT2D eigenvalue weighted by Gasteiger charge is -2.23. The SMILES string of the molecule is CCOc1cccc2sc(=NC(=O)[C@H]3COc4ccccc4O3)n(CC)c12. The number of benzene rings is 2. The Bertz CT molecular complexity index is 1050. The lowest BCUT2D eigenvalue weighted by molar-refractivity contribution is -0.127. The second kappa shape index (κ2) is 7.44. The Morgan fingerprint density at radius 3 is 2.81 bits per heavy atom. The van der Waals surface area contributed by atoms with Crippen molar-refractivity contribution < 1.29 is 19.0 Å². The molecule has 1 aliphatic rings. The van der Waals surface area contributed by atoms with Gasteiger partial charge in [-0.25, -0.2) is 0 Å². The van der Waals surface area contributed by atoms with Crippen molar-refractivity contribution in [2.24, 2.45) is 4.99 Å². The standard InChI is InChI=1S/C20H20N2O4S/c1-3-22-18-15(24-4-2)10-7-11-17(18)27-20(22)21-19(23)16-12-25-13-8-5-6-9-14(13)26-16/h5-11,16H,3-4,12H2,1-2H3/t16-/m1/s1. The van der Waals surface area contributed by atoms with Gasteiger partial charge in [0.25, 0.3) is 5.91 Å². The van der Waals surface area contributed by atoms with Gasteiger partial charge < -0.3 is 18.8 Å². The van der Waals surface area contributed by atoms with Gasteiger partial charge in [0.1, 0.15) is 17.9 Å². The van der Waals surface area contributed by atoms with Crippen molar-refractivity contribution in [1.29, 1.82) is 0 Å². The number of aromatic nitrogens is 1. The van der Waals surface area contributed by atoms with Crippen molar-refractivity contribution in [1.82, 2.24) is 4.57 Å². The molecule has 0 saturated carbocycles. The highest BCUT2D eigenvalue weighted by Crippen LogP contribution is 2.31. The van der Waals surface area contributed by atoms with Crippen LogP contribution in [0.3, 0.4) is 0 Å². The minimum absolute atomic E-state index is 0.153. The third-order valence-electron chi connectivity index (χ3n) is 4.27. The molecule has 0 bridgehead atoms. The van der Waals surface area contributed by atoms with Gasteiger partial charge in [0.2, 0.25) is 6.10 Å². The number of nitrogens with zero attached hydrogens (tertiary/aromatic N) is 2. The second-order valence-corrected chi connectivity index (χ2v) is 6.99. The van der Waals surface area contributed by atoms with Crippen molar-refractivity contribution in [2.75, 3.05) is 13.2 Å². The van der Waals surface area contributed by atoms with E-state index in [4.69, 9.17) is 14.2 Å². The van der Waals surface area contributed by atoms with Crippen LogP contribution in [0.25, 0.3) is 10.2 Å². The van der Waals surface area contributed by atoms with Gasteiger partial charge in [-0.1, -0.05) is 29.5 Å². The number of amides is 1. The molecule has 0 spiro atoms. The van der Waals surface area contributed by atoms with Crippen molar-refractivity contribution in [2.45, 2.75) is 26.5 Å². The van der Waals surface area contributed by atoms with Crippen LogP contribution >= 0.6 is 11.3 Å². The summed E-state index contributed by atoms with van der Waals surface area (Å²) < 4.78 is 20.2. The zero-order chi connectivity index (χ0) is 18.8. The van der Waals surface area contributed by atoms with E-state index in [1.165, 1.54) is 11.3 Å². The lowest BCUT2D eigenvalue weighted by Crippen LogP contribution is -2.36. The molecule has 4 rings (SSSR count). The molecule has 1 aliphatic heterocycles. The monoisotopic (exact) mass is 384 g/mol. The number of fused-ring (bicyclic) bond motifs is 2. The van der Waals surface area contributed by atoms with Gasteiger partial charge in [0.15, 0.2) is 16.3 Å². The number of para-hydroxylation sites is 3. The van der Waals surface area contributed by atoms with E-state index in [0.29, 0.717) is 29.5 Å². The molecule has 0 fully saturated rings. The summed E-state index contributed by atoms with van der Waals surface area (Å²) in [6.07, 6.45) is -0.748. The number of hydrogen-bond donors (Lipinski definition) is 0. The van der Waals surface area contributed by atoms with Crippen LogP contribution in [0.1, 0.15) is 13.8 Å². The van der Waals surface area contributed by atoms with Gasteiger partial charge in [-0.2, -0.15) is 4.99 Å². The van der Waals surface area contributed by atoms with Crippen LogP contribution < -0.4 is 19.0 Å². The first-order valence-corrected chi connectivity index (χ1v) is 9.75. The van der Waals surface area contributed by atoms with E-state index in [1.807, 2.05) is 54.8 Å². The van der Waals surface area contributed by atoms with Gasteiger partial charge in [0, 0.05) is 6.54 Å². The fourth-order valence-electron chi connectivity index (χ4n) is 3.06. The van der Waals surface area contributed by atoms with Crippen LogP contribution in [0.5, 0.6) is 17.2 Å². The first kappa shape index (κ1) is 17.6. The van der Waals surface area contributed by atoms with E-state index in [1.54, 1.807) is 6.07 Å². The molecule has 0 N–H and O–H groups in total. The molecule has 1 aromatic heterocycles. The molecule has 0 radical (unpaired) electrons. The topological polar surface area (TPSA) is 62.1 Å². The fraction of sp³-hybridized carbons (Fsp3) is 0.300. The quantitative estimate of drug-likeness (QED) is 0.692. The van der Waals surface area contributed by atoms with Crippen molar-refractivity contribution in [3.8, 4) is 17.2 Å². The van der Waals surface area contributed by atoms with E-state index < -0.39 is 6.10 Å². The zero-order valence-electron chi connectivity index (χ0n) is 15.2. The molecule has 0 aliphatic carbocycles. The zero-order valence-corrected chi connectivity index (χ0v) is 16.0. The predicted molar refractivity (Wildman–Crippen MR) is 104 cm³/mol. The van der Waals surface area contributed by atoms with E-state index in [2.05, 4.69) is 4.99 Å². The first-order chi connectivity index (χ1) is 13.2. The van der Waals surface area contributed by atoms with Gasteiger partial charge in [-0.15, -0.1) is 0 Å². The lowest BCUT2D eigenvalue weighted by atomic mass is 10.2. The first-order valence-electron chi connectivity index (χ1n) is 8.93. The van der Waals surface area contributed by atoms with Crippen molar-refractivity contribution >= 4 is 27.5 Å². The Kier molecular flexibility index (Phi) is 4.85. The predicted octanol–water partition coefficient (Wildman–Crippen LogP) is 3.39. The summed E-state index contributed by atoms with van der Waals surface area (Å²) in [7, 11) is 0. The summed E-state index contributed by atoms with van der Waals surface area (Å²) in [6.45, 7) is 5.39. The Labute approximate surface area is 160 Å². The third kappa shape index (κ3) is 3.30. The van der Waals surface area contributed by atoms with Crippen LogP contribution in [0, 0.1) is 0 Å². The van der Waals surface area contributed by atoms with Gasteiger partial charge in [-0.3, -0.25) is 4.79 Å². The van der Waals surface area contributed by atoms with E-state index >= 15 is 0 Å². The summed E-state index contributed by atoms with van der Waals surface area (Å²) in [5, 5.41) is 0. The van der Waals surface area contributed by atoms with Gasteiger partial charge >= 0.3 is 0 Å². The highest BCUT2D eigenvalue weighted by Gasteiger charge is 2.27. The van der Waals surface area contributed by atoms with Crippen LogP contribution in [-0.4, -0.2) is 29.8 Å². The maximum Gasteiger partial charge on any atom is 0.292 e. The van der Waals surface area contributed by atoms with E-state index in [0.717, 1.165) is 16.0 Å². The number of carbonyl (C=O) groups excluding carboxylic acids is 1. The Hall–Kier alpha value is -2.80. The average Bonchev–Trinajstić information content (AvgIpc) is 3.05. The molecule has 140 valence electrons. The largest absolute Gasteiger partial charge is 0.492 e.